The lowest BCUT2D eigenvalue weighted by Crippen LogP contribution is -2.37. The zero-order valence-electron chi connectivity index (χ0n) is 10.3. The molecule has 96 valence electrons. The van der Waals surface area contributed by atoms with Crippen LogP contribution in [0.3, 0.4) is 0 Å². The van der Waals surface area contributed by atoms with Gasteiger partial charge in [0.2, 0.25) is 0 Å². The molecule has 19 heavy (non-hydrogen) atoms. The summed E-state index contributed by atoms with van der Waals surface area (Å²) in [5, 5.41) is 0. The van der Waals surface area contributed by atoms with E-state index in [-0.39, 0.29) is 11.8 Å². The highest BCUT2D eigenvalue weighted by atomic mass is 16.2. The van der Waals surface area contributed by atoms with Gasteiger partial charge in [0.05, 0.1) is 0 Å². The van der Waals surface area contributed by atoms with E-state index in [9.17, 15) is 14.4 Å². The van der Waals surface area contributed by atoms with Gasteiger partial charge in [-0.3, -0.25) is 19.3 Å². The first-order chi connectivity index (χ1) is 9.20. The van der Waals surface area contributed by atoms with Crippen LogP contribution in [0.2, 0.25) is 0 Å². The van der Waals surface area contributed by atoms with Gasteiger partial charge in [-0.2, -0.15) is 0 Å². The molecule has 0 N–H and O–H groups in total. The summed E-state index contributed by atoms with van der Waals surface area (Å²) in [6.45, 7) is 0.419. The maximum absolute atomic E-state index is 11.8. The van der Waals surface area contributed by atoms with Gasteiger partial charge >= 0.3 is 0 Å². The minimum atomic E-state index is -0.325. The number of carbonyl (C=O) groups is 3. The first-order valence-corrected chi connectivity index (χ1v) is 5.96. The number of amides is 2. The summed E-state index contributed by atoms with van der Waals surface area (Å²) in [6, 6.07) is 6.83. The van der Waals surface area contributed by atoms with Crippen LogP contribution in [0.25, 0.3) is 6.08 Å². The van der Waals surface area contributed by atoms with Crippen LogP contribution in [0, 0.1) is 0 Å². The monoisotopic (exact) mass is 255 g/mol. The first kappa shape index (κ1) is 13.0. The molecular formula is C15H13NO3. The Morgan fingerprint density at radius 1 is 1.16 bits per heavy atom. The predicted molar refractivity (Wildman–Crippen MR) is 71.3 cm³/mol. The van der Waals surface area contributed by atoms with E-state index in [1.54, 1.807) is 36.4 Å². The number of hydrogen-bond acceptors (Lipinski definition) is 3. The van der Waals surface area contributed by atoms with Gasteiger partial charge in [0, 0.05) is 18.2 Å². The molecule has 0 aliphatic carbocycles. The minimum absolute atomic E-state index is 0.280. The van der Waals surface area contributed by atoms with Gasteiger partial charge in [0.1, 0.15) is 6.29 Å². The molecule has 0 spiro atoms. The van der Waals surface area contributed by atoms with Crippen molar-refractivity contribution in [1.82, 2.24) is 4.90 Å². The Balaban J connectivity index is 2.05. The molecule has 2 rings (SSSR count). The van der Waals surface area contributed by atoms with Crippen LogP contribution in [-0.4, -0.2) is 29.5 Å². The normalized spacial score (nSPS) is 14.9. The topological polar surface area (TPSA) is 54.5 Å². The number of carbonyl (C=O) groups excluding carboxylic acids is 3. The highest BCUT2D eigenvalue weighted by Gasteiger charge is 2.18. The molecule has 1 aliphatic heterocycles. The molecule has 0 saturated carbocycles. The molecule has 0 aromatic heterocycles. The highest BCUT2D eigenvalue weighted by Crippen LogP contribution is 2.07. The van der Waals surface area contributed by atoms with Crippen molar-refractivity contribution in [2.75, 3.05) is 6.54 Å². The van der Waals surface area contributed by atoms with E-state index in [2.05, 4.69) is 0 Å². The SMILES string of the molecule is O=Cc1ccc(/C=C/C(=O)N2CCC=CC2=O)cc1. The summed E-state index contributed by atoms with van der Waals surface area (Å²) >= 11 is 0. The molecule has 1 aliphatic rings. The fourth-order valence-electron chi connectivity index (χ4n) is 1.75. The quantitative estimate of drug-likeness (QED) is 0.611. The van der Waals surface area contributed by atoms with Crippen molar-refractivity contribution in [2.24, 2.45) is 0 Å². The van der Waals surface area contributed by atoms with Crippen LogP contribution in [0.4, 0.5) is 0 Å². The lowest BCUT2D eigenvalue weighted by Gasteiger charge is -2.19. The molecule has 0 radical (unpaired) electrons. The second kappa shape index (κ2) is 5.91. The standard InChI is InChI=1S/C15H13NO3/c17-11-13-6-4-12(5-7-13)8-9-15(19)16-10-2-1-3-14(16)18/h1,3-9,11H,2,10H2/b9-8+. The number of nitrogens with zero attached hydrogens (tertiary/aromatic N) is 1. The molecule has 0 fully saturated rings. The van der Waals surface area contributed by atoms with E-state index in [0.717, 1.165) is 11.8 Å². The molecule has 4 nitrogen and oxygen atoms in total. The Morgan fingerprint density at radius 2 is 1.84 bits per heavy atom. The average Bonchev–Trinajstić information content (AvgIpc) is 2.46. The fraction of sp³-hybridized carbons (Fsp3) is 0.133. The lowest BCUT2D eigenvalue weighted by molar-refractivity contribution is -0.139. The zero-order chi connectivity index (χ0) is 13.7. The number of aldehydes is 1. The van der Waals surface area contributed by atoms with Gasteiger partial charge < -0.3 is 0 Å². The molecule has 1 aromatic carbocycles. The van der Waals surface area contributed by atoms with Crippen LogP contribution < -0.4 is 0 Å². The number of hydrogen-bond donors (Lipinski definition) is 0. The molecule has 0 atom stereocenters. The largest absolute Gasteiger partial charge is 0.298 e. The van der Waals surface area contributed by atoms with Crippen molar-refractivity contribution < 1.29 is 14.4 Å². The summed E-state index contributed by atoms with van der Waals surface area (Å²) in [4.78, 5) is 35.0. The molecule has 0 bridgehead atoms. The van der Waals surface area contributed by atoms with Gasteiger partial charge in [-0.05, 0) is 24.1 Å². The Morgan fingerprint density at radius 3 is 2.47 bits per heavy atom. The summed E-state index contributed by atoms with van der Waals surface area (Å²) < 4.78 is 0. The number of benzene rings is 1. The van der Waals surface area contributed by atoms with E-state index in [4.69, 9.17) is 0 Å². The third-order valence-electron chi connectivity index (χ3n) is 2.80. The second-order valence-corrected chi connectivity index (χ2v) is 4.14. The minimum Gasteiger partial charge on any atom is -0.298 e. The van der Waals surface area contributed by atoms with Crippen LogP contribution in [0.1, 0.15) is 22.3 Å². The summed E-state index contributed by atoms with van der Waals surface area (Å²) in [6.07, 6.45) is 7.62. The molecule has 1 heterocycles. The molecule has 2 amide bonds. The summed E-state index contributed by atoms with van der Waals surface area (Å²) in [7, 11) is 0. The van der Waals surface area contributed by atoms with Gasteiger partial charge in [-0.1, -0.05) is 30.3 Å². The number of imide groups is 1. The third kappa shape index (κ3) is 3.25. The van der Waals surface area contributed by atoms with Gasteiger partial charge in [0.25, 0.3) is 11.8 Å². The lowest BCUT2D eigenvalue weighted by atomic mass is 10.1. The van der Waals surface area contributed by atoms with Crippen LogP contribution in [-0.2, 0) is 9.59 Å². The van der Waals surface area contributed by atoms with Crippen LogP contribution in [0.5, 0.6) is 0 Å². The van der Waals surface area contributed by atoms with E-state index in [1.807, 2.05) is 0 Å². The van der Waals surface area contributed by atoms with E-state index >= 15 is 0 Å². The second-order valence-electron chi connectivity index (χ2n) is 4.14. The van der Waals surface area contributed by atoms with E-state index in [1.165, 1.54) is 17.1 Å². The smallest absolute Gasteiger partial charge is 0.253 e. The summed E-state index contributed by atoms with van der Waals surface area (Å²) in [5.74, 6) is -0.606. The molecule has 0 unspecified atom stereocenters. The van der Waals surface area contributed by atoms with Crippen LogP contribution in [0.15, 0.2) is 42.5 Å². The fourth-order valence-corrected chi connectivity index (χ4v) is 1.75. The Bertz CT molecular complexity index is 555. The van der Waals surface area contributed by atoms with Crippen molar-refractivity contribution in [2.45, 2.75) is 6.42 Å². The summed E-state index contributed by atoms with van der Waals surface area (Å²) in [5.41, 5.74) is 1.39. The average molecular weight is 255 g/mol. The van der Waals surface area contributed by atoms with Gasteiger partial charge in [0.15, 0.2) is 0 Å². The maximum atomic E-state index is 11.8. The Kier molecular flexibility index (Phi) is 4.03. The Labute approximate surface area is 111 Å². The van der Waals surface area contributed by atoms with E-state index < -0.39 is 0 Å². The highest BCUT2D eigenvalue weighted by molar-refractivity contribution is 6.06. The molecule has 0 saturated heterocycles. The van der Waals surface area contributed by atoms with Crippen molar-refractivity contribution in [3.8, 4) is 0 Å². The van der Waals surface area contributed by atoms with Gasteiger partial charge in [-0.15, -0.1) is 0 Å². The number of rotatable bonds is 3. The van der Waals surface area contributed by atoms with Crippen molar-refractivity contribution in [1.29, 1.82) is 0 Å². The van der Waals surface area contributed by atoms with Gasteiger partial charge in [-0.25, -0.2) is 0 Å². The predicted octanol–water partition coefficient (Wildman–Crippen LogP) is 1.83. The van der Waals surface area contributed by atoms with Crippen molar-refractivity contribution in [3.05, 3.63) is 53.6 Å². The van der Waals surface area contributed by atoms with E-state index in [0.29, 0.717) is 18.5 Å². The molecular weight excluding hydrogens is 242 g/mol. The third-order valence-corrected chi connectivity index (χ3v) is 2.80. The first-order valence-electron chi connectivity index (χ1n) is 5.96. The Hall–Kier alpha value is -2.49. The molecule has 1 aromatic rings. The van der Waals surface area contributed by atoms with Crippen molar-refractivity contribution >= 4 is 24.2 Å². The van der Waals surface area contributed by atoms with Crippen molar-refractivity contribution in [3.63, 3.8) is 0 Å². The maximum Gasteiger partial charge on any atom is 0.253 e. The zero-order valence-corrected chi connectivity index (χ0v) is 10.3. The molecule has 4 heteroatoms. The van der Waals surface area contributed by atoms with Crippen LogP contribution >= 0.6 is 0 Å².